The molecule has 0 radical (unpaired) electrons. The number of hydrogen-bond donors (Lipinski definition) is 1. The largest absolute Gasteiger partial charge is 0.293 e. The maximum atomic E-state index is 12.3. The highest BCUT2D eigenvalue weighted by molar-refractivity contribution is 9.10. The highest BCUT2D eigenvalue weighted by Gasteiger charge is 2.14. The average molecular weight is 497 g/mol. The molecule has 8 heteroatoms. The minimum Gasteiger partial charge on any atom is -0.266 e. The van der Waals surface area contributed by atoms with Gasteiger partial charge in [0.2, 0.25) is 0 Å². The molecule has 1 amide bonds. The molecule has 0 saturated heterocycles. The van der Waals surface area contributed by atoms with E-state index in [9.17, 15) is 4.79 Å². The van der Waals surface area contributed by atoms with E-state index in [-0.39, 0.29) is 5.69 Å². The maximum Gasteiger partial charge on any atom is 0.293 e. The van der Waals surface area contributed by atoms with Crippen molar-refractivity contribution in [2.45, 2.75) is 6.54 Å². The second-order valence-electron chi connectivity index (χ2n) is 5.40. The molecular weight excluding hydrogens is 483 g/mol. The van der Waals surface area contributed by atoms with Crippen molar-refractivity contribution in [1.82, 2.24) is 15.2 Å². The molecule has 5 nitrogen and oxygen atoms in total. The minimum atomic E-state index is -0.392. The van der Waals surface area contributed by atoms with Gasteiger partial charge in [0.15, 0.2) is 5.69 Å². The van der Waals surface area contributed by atoms with E-state index in [1.54, 1.807) is 41.4 Å². The maximum absolute atomic E-state index is 12.3. The first kappa shape index (κ1) is 18.8. The van der Waals surface area contributed by atoms with E-state index in [0.717, 1.165) is 15.6 Å². The standard InChI is InChI=1S/C18H13Br2ClN4O/c19-14-5-1-13(2-6-14)10-25-11-16(20)17(24-25)18(26)23-22-9-12-3-7-15(21)8-4-12/h1-9,11H,10H2,(H,23,26)/b22-9+. The van der Waals surface area contributed by atoms with Crippen molar-refractivity contribution in [3.63, 3.8) is 0 Å². The van der Waals surface area contributed by atoms with Crippen molar-refractivity contribution in [2.24, 2.45) is 5.10 Å². The van der Waals surface area contributed by atoms with Crippen LogP contribution in [0.2, 0.25) is 5.02 Å². The molecule has 0 fully saturated rings. The summed E-state index contributed by atoms with van der Waals surface area (Å²) in [6.07, 6.45) is 3.31. The molecule has 26 heavy (non-hydrogen) atoms. The van der Waals surface area contributed by atoms with Crippen LogP contribution in [0, 0.1) is 0 Å². The van der Waals surface area contributed by atoms with Crippen molar-refractivity contribution in [2.75, 3.05) is 0 Å². The molecule has 3 aromatic rings. The molecule has 0 aliphatic carbocycles. The molecule has 1 N–H and O–H groups in total. The van der Waals surface area contributed by atoms with Crippen molar-refractivity contribution in [1.29, 1.82) is 0 Å². The fraction of sp³-hybridized carbons (Fsp3) is 0.0556. The first-order valence-electron chi connectivity index (χ1n) is 7.57. The number of amides is 1. The smallest absolute Gasteiger partial charge is 0.266 e. The van der Waals surface area contributed by atoms with Crippen molar-refractivity contribution < 1.29 is 4.79 Å². The molecule has 0 saturated carbocycles. The lowest BCUT2D eigenvalue weighted by Gasteiger charge is -2.02. The summed E-state index contributed by atoms with van der Waals surface area (Å²) in [5.74, 6) is -0.392. The normalized spacial score (nSPS) is 11.0. The Morgan fingerprint density at radius 2 is 1.85 bits per heavy atom. The monoisotopic (exact) mass is 494 g/mol. The number of aromatic nitrogens is 2. The van der Waals surface area contributed by atoms with E-state index in [1.807, 2.05) is 24.3 Å². The van der Waals surface area contributed by atoms with Crippen LogP contribution in [0.1, 0.15) is 21.6 Å². The number of hydrogen-bond acceptors (Lipinski definition) is 3. The van der Waals surface area contributed by atoms with Gasteiger partial charge < -0.3 is 0 Å². The van der Waals surface area contributed by atoms with E-state index in [2.05, 4.69) is 47.5 Å². The Kier molecular flexibility index (Phi) is 6.24. The van der Waals surface area contributed by atoms with Gasteiger partial charge in [-0.1, -0.05) is 51.8 Å². The van der Waals surface area contributed by atoms with Gasteiger partial charge in [-0.3, -0.25) is 9.48 Å². The molecule has 0 atom stereocenters. The Bertz CT molecular complexity index is 937. The predicted octanol–water partition coefficient (Wildman–Crippen LogP) is 4.87. The molecule has 132 valence electrons. The Morgan fingerprint density at radius 1 is 1.15 bits per heavy atom. The molecule has 1 heterocycles. The van der Waals surface area contributed by atoms with Gasteiger partial charge in [-0.05, 0) is 51.3 Å². The highest BCUT2D eigenvalue weighted by Crippen LogP contribution is 2.17. The minimum absolute atomic E-state index is 0.273. The van der Waals surface area contributed by atoms with Crippen molar-refractivity contribution in [3.05, 3.63) is 85.5 Å². The summed E-state index contributed by atoms with van der Waals surface area (Å²) in [6, 6.07) is 15.0. The second kappa shape index (κ2) is 8.62. The number of hydrazone groups is 1. The Hall–Kier alpha value is -1.96. The fourth-order valence-electron chi connectivity index (χ4n) is 2.18. The number of nitrogens with one attached hydrogen (secondary N) is 1. The molecule has 0 aliphatic rings. The van der Waals surface area contributed by atoms with Crippen LogP contribution in [0.4, 0.5) is 0 Å². The van der Waals surface area contributed by atoms with Crippen LogP contribution in [-0.2, 0) is 6.54 Å². The van der Waals surface area contributed by atoms with Crippen LogP contribution in [0.3, 0.4) is 0 Å². The fourth-order valence-corrected chi connectivity index (χ4v) is 3.06. The van der Waals surface area contributed by atoms with Crippen LogP contribution in [0.5, 0.6) is 0 Å². The third kappa shape index (κ3) is 5.03. The second-order valence-corrected chi connectivity index (χ2v) is 7.61. The Morgan fingerprint density at radius 3 is 2.54 bits per heavy atom. The number of rotatable bonds is 5. The van der Waals surface area contributed by atoms with Gasteiger partial charge in [0.05, 0.1) is 17.2 Å². The number of benzene rings is 2. The Balaban J connectivity index is 1.65. The molecule has 1 aromatic heterocycles. The average Bonchev–Trinajstić information content (AvgIpc) is 2.99. The summed E-state index contributed by atoms with van der Waals surface area (Å²) in [4.78, 5) is 12.3. The summed E-state index contributed by atoms with van der Waals surface area (Å²) in [5.41, 5.74) is 4.65. The van der Waals surface area contributed by atoms with Crippen LogP contribution in [0.25, 0.3) is 0 Å². The SMILES string of the molecule is O=C(N/N=C/c1ccc(Cl)cc1)c1nn(Cc2ccc(Br)cc2)cc1Br. The number of nitrogens with zero attached hydrogens (tertiary/aromatic N) is 3. The lowest BCUT2D eigenvalue weighted by Crippen LogP contribution is -2.19. The topological polar surface area (TPSA) is 59.3 Å². The molecule has 0 unspecified atom stereocenters. The third-order valence-corrected chi connectivity index (χ3v) is 4.80. The highest BCUT2D eigenvalue weighted by atomic mass is 79.9. The molecule has 2 aromatic carbocycles. The van der Waals surface area contributed by atoms with E-state index >= 15 is 0 Å². The zero-order chi connectivity index (χ0) is 18.5. The quantitative estimate of drug-likeness (QED) is 0.405. The van der Waals surface area contributed by atoms with Gasteiger partial charge in [-0.15, -0.1) is 0 Å². The summed E-state index contributed by atoms with van der Waals surface area (Å²) in [6.45, 7) is 0.563. The van der Waals surface area contributed by atoms with Gasteiger partial charge in [-0.2, -0.15) is 10.2 Å². The van der Waals surface area contributed by atoms with Gasteiger partial charge in [0.25, 0.3) is 5.91 Å². The number of halogens is 3. The van der Waals surface area contributed by atoms with E-state index < -0.39 is 5.91 Å². The summed E-state index contributed by atoms with van der Waals surface area (Å²) in [7, 11) is 0. The lowest BCUT2D eigenvalue weighted by molar-refractivity contribution is 0.0948. The van der Waals surface area contributed by atoms with Crippen LogP contribution in [-0.4, -0.2) is 21.9 Å². The first-order valence-corrected chi connectivity index (χ1v) is 9.54. The molecule has 3 rings (SSSR count). The lowest BCUT2D eigenvalue weighted by atomic mass is 10.2. The van der Waals surface area contributed by atoms with E-state index in [1.165, 1.54) is 0 Å². The number of carbonyl (C=O) groups is 1. The zero-order valence-corrected chi connectivity index (χ0v) is 17.3. The van der Waals surface area contributed by atoms with Crippen LogP contribution < -0.4 is 5.43 Å². The van der Waals surface area contributed by atoms with Crippen LogP contribution >= 0.6 is 43.5 Å². The summed E-state index contributed by atoms with van der Waals surface area (Å²) < 4.78 is 3.32. The Labute approximate surface area is 172 Å². The number of carbonyl (C=O) groups excluding carboxylic acids is 1. The molecule has 0 aliphatic heterocycles. The third-order valence-electron chi connectivity index (χ3n) is 3.44. The van der Waals surface area contributed by atoms with Crippen molar-refractivity contribution >= 4 is 55.6 Å². The van der Waals surface area contributed by atoms with E-state index in [0.29, 0.717) is 16.0 Å². The van der Waals surface area contributed by atoms with Gasteiger partial charge in [-0.25, -0.2) is 5.43 Å². The zero-order valence-electron chi connectivity index (χ0n) is 13.4. The van der Waals surface area contributed by atoms with Gasteiger partial charge in [0.1, 0.15) is 0 Å². The van der Waals surface area contributed by atoms with Crippen molar-refractivity contribution in [3.8, 4) is 0 Å². The first-order chi connectivity index (χ1) is 12.5. The van der Waals surface area contributed by atoms with Gasteiger partial charge in [0, 0.05) is 15.7 Å². The molecular formula is C18H13Br2ClN4O. The molecule has 0 spiro atoms. The summed E-state index contributed by atoms with van der Waals surface area (Å²) >= 11 is 12.6. The van der Waals surface area contributed by atoms with Crippen LogP contribution in [0.15, 0.2) is 68.8 Å². The predicted molar refractivity (Wildman–Crippen MR) is 110 cm³/mol. The van der Waals surface area contributed by atoms with Gasteiger partial charge >= 0.3 is 0 Å². The van der Waals surface area contributed by atoms with E-state index in [4.69, 9.17) is 11.6 Å². The summed E-state index contributed by atoms with van der Waals surface area (Å²) in [5, 5.41) is 8.91. The molecule has 0 bridgehead atoms.